The van der Waals surface area contributed by atoms with Crippen molar-refractivity contribution in [1.82, 2.24) is 0 Å². The van der Waals surface area contributed by atoms with Gasteiger partial charge in [-0.25, -0.2) is 4.39 Å². The molecule has 0 saturated carbocycles. The molecule has 2 aromatic carbocycles. The number of hydrogen-bond donors (Lipinski definition) is 1. The molecular formula is C14H13BrFNO. The number of aryl methyl sites for hydroxylation is 1. The molecule has 0 aliphatic rings. The fourth-order valence-corrected chi connectivity index (χ4v) is 1.98. The van der Waals surface area contributed by atoms with Crippen LogP contribution in [0.5, 0.6) is 11.5 Å². The van der Waals surface area contributed by atoms with Crippen molar-refractivity contribution in [3.8, 4) is 11.5 Å². The van der Waals surface area contributed by atoms with Crippen LogP contribution in [0.4, 0.5) is 4.39 Å². The summed E-state index contributed by atoms with van der Waals surface area (Å²) in [5.74, 6) is 0.366. The molecule has 2 N–H and O–H groups in total. The summed E-state index contributed by atoms with van der Waals surface area (Å²) in [6, 6.07) is 10.2. The van der Waals surface area contributed by atoms with Crippen molar-refractivity contribution >= 4 is 15.9 Å². The van der Waals surface area contributed by atoms with E-state index in [2.05, 4.69) is 15.9 Å². The van der Waals surface area contributed by atoms with Crippen LogP contribution in [0.15, 0.2) is 40.9 Å². The van der Waals surface area contributed by atoms with Crippen LogP contribution in [-0.2, 0) is 6.54 Å². The van der Waals surface area contributed by atoms with Crippen LogP contribution in [0.2, 0.25) is 0 Å². The Morgan fingerprint density at radius 1 is 1.17 bits per heavy atom. The summed E-state index contributed by atoms with van der Waals surface area (Å²) in [5.41, 5.74) is 7.61. The third-order valence-corrected chi connectivity index (χ3v) is 3.04. The van der Waals surface area contributed by atoms with E-state index in [0.29, 0.717) is 12.3 Å². The molecule has 0 aliphatic carbocycles. The lowest BCUT2D eigenvalue weighted by molar-refractivity contribution is 0.437. The lowest BCUT2D eigenvalue weighted by Gasteiger charge is -2.11. The van der Waals surface area contributed by atoms with E-state index in [1.807, 2.05) is 19.1 Å². The number of halogens is 2. The predicted octanol–water partition coefficient (Wildman–Crippen LogP) is 4.15. The van der Waals surface area contributed by atoms with Crippen molar-refractivity contribution in [2.45, 2.75) is 13.5 Å². The van der Waals surface area contributed by atoms with Crippen LogP contribution in [0.1, 0.15) is 11.1 Å². The number of nitrogens with two attached hydrogens (primary N) is 1. The van der Waals surface area contributed by atoms with Gasteiger partial charge in [0.1, 0.15) is 5.75 Å². The fraction of sp³-hybridized carbons (Fsp3) is 0.143. The molecule has 2 nitrogen and oxygen atoms in total. The molecule has 0 amide bonds. The van der Waals surface area contributed by atoms with Gasteiger partial charge >= 0.3 is 0 Å². The quantitative estimate of drug-likeness (QED) is 0.924. The van der Waals surface area contributed by atoms with E-state index in [4.69, 9.17) is 10.5 Å². The topological polar surface area (TPSA) is 35.2 Å². The molecule has 0 spiro atoms. The minimum absolute atomic E-state index is 0.183. The number of ether oxygens (including phenoxy) is 1. The maximum atomic E-state index is 13.6. The first-order valence-electron chi connectivity index (χ1n) is 5.52. The zero-order valence-electron chi connectivity index (χ0n) is 9.91. The molecule has 0 fully saturated rings. The molecule has 0 bridgehead atoms. The maximum Gasteiger partial charge on any atom is 0.165 e. The van der Waals surface area contributed by atoms with Gasteiger partial charge in [-0.05, 0) is 31.2 Å². The van der Waals surface area contributed by atoms with Crippen LogP contribution in [0.25, 0.3) is 0 Å². The van der Waals surface area contributed by atoms with Crippen LogP contribution in [0.3, 0.4) is 0 Å². The van der Waals surface area contributed by atoms with Gasteiger partial charge in [-0.2, -0.15) is 0 Å². The largest absolute Gasteiger partial charge is 0.454 e. The van der Waals surface area contributed by atoms with Gasteiger partial charge in [0.05, 0.1) is 0 Å². The monoisotopic (exact) mass is 309 g/mol. The molecular weight excluding hydrogens is 297 g/mol. The Labute approximate surface area is 114 Å². The first-order valence-corrected chi connectivity index (χ1v) is 6.32. The summed E-state index contributed by atoms with van der Waals surface area (Å²) in [5, 5.41) is 0. The number of benzene rings is 2. The van der Waals surface area contributed by atoms with Gasteiger partial charge < -0.3 is 10.5 Å². The summed E-state index contributed by atoms with van der Waals surface area (Å²) >= 11 is 3.29. The van der Waals surface area contributed by atoms with Crippen LogP contribution < -0.4 is 10.5 Å². The van der Waals surface area contributed by atoms with Gasteiger partial charge in [-0.3, -0.25) is 0 Å². The molecule has 0 aromatic heterocycles. The van der Waals surface area contributed by atoms with E-state index in [9.17, 15) is 4.39 Å². The van der Waals surface area contributed by atoms with Crippen molar-refractivity contribution in [1.29, 1.82) is 0 Å². The molecule has 2 aromatic rings. The lowest BCUT2D eigenvalue weighted by Crippen LogP contribution is -2.00. The Hall–Kier alpha value is -1.39. The molecule has 0 unspecified atom stereocenters. The molecule has 18 heavy (non-hydrogen) atoms. The molecule has 0 atom stereocenters. The van der Waals surface area contributed by atoms with Crippen LogP contribution >= 0.6 is 15.9 Å². The number of hydrogen-bond acceptors (Lipinski definition) is 2. The molecule has 2 rings (SSSR count). The molecule has 94 valence electrons. The SMILES string of the molecule is Cc1ccc(Oc2cc(Br)ccc2F)c(CN)c1. The smallest absolute Gasteiger partial charge is 0.165 e. The average molecular weight is 310 g/mol. The highest BCUT2D eigenvalue weighted by Crippen LogP contribution is 2.30. The third-order valence-electron chi connectivity index (χ3n) is 2.55. The van der Waals surface area contributed by atoms with Crippen molar-refractivity contribution in [2.24, 2.45) is 5.73 Å². The summed E-state index contributed by atoms with van der Waals surface area (Å²) in [4.78, 5) is 0. The zero-order chi connectivity index (χ0) is 13.1. The molecule has 4 heteroatoms. The van der Waals surface area contributed by atoms with Crippen molar-refractivity contribution < 1.29 is 9.13 Å². The zero-order valence-corrected chi connectivity index (χ0v) is 11.5. The number of rotatable bonds is 3. The van der Waals surface area contributed by atoms with E-state index in [1.165, 1.54) is 6.07 Å². The van der Waals surface area contributed by atoms with Crippen LogP contribution in [0, 0.1) is 12.7 Å². The Kier molecular flexibility index (Phi) is 3.99. The lowest BCUT2D eigenvalue weighted by atomic mass is 10.1. The highest BCUT2D eigenvalue weighted by molar-refractivity contribution is 9.10. The summed E-state index contributed by atoms with van der Waals surface area (Å²) in [6.45, 7) is 2.33. The van der Waals surface area contributed by atoms with Gasteiger partial charge in [0.2, 0.25) is 0 Å². The van der Waals surface area contributed by atoms with E-state index >= 15 is 0 Å². The second-order valence-electron chi connectivity index (χ2n) is 3.99. The van der Waals surface area contributed by atoms with Gasteiger partial charge in [-0.1, -0.05) is 33.6 Å². The third kappa shape index (κ3) is 2.89. The molecule has 0 radical (unpaired) electrons. The molecule has 0 heterocycles. The minimum atomic E-state index is -0.401. The van der Waals surface area contributed by atoms with E-state index in [0.717, 1.165) is 15.6 Å². The highest BCUT2D eigenvalue weighted by atomic mass is 79.9. The second kappa shape index (κ2) is 5.50. The Morgan fingerprint density at radius 3 is 2.67 bits per heavy atom. The summed E-state index contributed by atoms with van der Waals surface area (Å²) in [6.07, 6.45) is 0. The minimum Gasteiger partial charge on any atom is -0.454 e. The highest BCUT2D eigenvalue weighted by Gasteiger charge is 2.08. The van der Waals surface area contributed by atoms with E-state index in [-0.39, 0.29) is 5.75 Å². The standard InChI is InChI=1S/C14H13BrFNO/c1-9-2-5-13(10(6-9)8-17)18-14-7-11(15)3-4-12(14)16/h2-7H,8,17H2,1H3. The van der Waals surface area contributed by atoms with E-state index < -0.39 is 5.82 Å². The Morgan fingerprint density at radius 2 is 1.94 bits per heavy atom. The molecule has 0 saturated heterocycles. The second-order valence-corrected chi connectivity index (χ2v) is 4.91. The van der Waals surface area contributed by atoms with Crippen molar-refractivity contribution in [2.75, 3.05) is 0 Å². The fourth-order valence-electron chi connectivity index (χ4n) is 1.64. The van der Waals surface area contributed by atoms with Gasteiger partial charge in [0.25, 0.3) is 0 Å². The first kappa shape index (κ1) is 13.1. The van der Waals surface area contributed by atoms with Crippen molar-refractivity contribution in [3.63, 3.8) is 0 Å². The predicted molar refractivity (Wildman–Crippen MR) is 73.2 cm³/mol. The maximum absolute atomic E-state index is 13.6. The van der Waals surface area contributed by atoms with E-state index in [1.54, 1.807) is 18.2 Å². The first-order chi connectivity index (χ1) is 8.60. The summed E-state index contributed by atoms with van der Waals surface area (Å²) < 4.78 is 19.9. The van der Waals surface area contributed by atoms with Gasteiger partial charge in [0, 0.05) is 16.6 Å². The Bertz CT molecular complexity index is 572. The normalized spacial score (nSPS) is 10.4. The summed E-state index contributed by atoms with van der Waals surface area (Å²) in [7, 11) is 0. The Balaban J connectivity index is 2.36. The van der Waals surface area contributed by atoms with Gasteiger partial charge in [0.15, 0.2) is 11.6 Å². The van der Waals surface area contributed by atoms with Crippen LogP contribution in [-0.4, -0.2) is 0 Å². The molecule has 0 aliphatic heterocycles. The van der Waals surface area contributed by atoms with Crippen molar-refractivity contribution in [3.05, 3.63) is 57.8 Å². The average Bonchev–Trinajstić information content (AvgIpc) is 2.36. The van der Waals surface area contributed by atoms with Gasteiger partial charge in [-0.15, -0.1) is 0 Å².